The first kappa shape index (κ1) is 29.4. The Labute approximate surface area is 233 Å². The fourth-order valence-corrected chi connectivity index (χ4v) is 4.03. The van der Waals surface area contributed by atoms with Gasteiger partial charge in [0.2, 0.25) is 5.75 Å². The molecule has 1 N–H and O–H groups in total. The average Bonchev–Trinajstić information content (AvgIpc) is 2.98. The lowest BCUT2D eigenvalue weighted by molar-refractivity contribution is 0.275. The van der Waals surface area contributed by atoms with Gasteiger partial charge in [-0.25, -0.2) is 0 Å². The lowest BCUT2D eigenvalue weighted by atomic mass is 10.0. The molecule has 3 rings (SSSR count). The van der Waals surface area contributed by atoms with Gasteiger partial charge < -0.3 is 24.3 Å². The lowest BCUT2D eigenvalue weighted by Gasteiger charge is -2.19. The molecular weight excluding hydrogens is 486 g/mol. The molecule has 0 aliphatic carbocycles. The summed E-state index contributed by atoms with van der Waals surface area (Å²) in [5.74, 6) is 2.76. The van der Waals surface area contributed by atoms with Crippen molar-refractivity contribution in [1.82, 2.24) is 0 Å². The Morgan fingerprint density at radius 3 is 1.69 bits per heavy atom. The summed E-state index contributed by atoms with van der Waals surface area (Å²) in [6, 6.07) is 16.8. The molecule has 0 fully saturated rings. The predicted molar refractivity (Wildman–Crippen MR) is 166 cm³/mol. The van der Waals surface area contributed by atoms with Crippen molar-refractivity contribution >= 4 is 36.1 Å². The number of rotatable bonds is 14. The van der Waals surface area contributed by atoms with Crippen LogP contribution in [0, 0.1) is 0 Å². The van der Waals surface area contributed by atoms with E-state index in [0.717, 1.165) is 52.1 Å². The van der Waals surface area contributed by atoms with Crippen LogP contribution in [-0.4, -0.2) is 34.0 Å². The van der Waals surface area contributed by atoms with Gasteiger partial charge in [-0.15, -0.1) is 0 Å². The van der Waals surface area contributed by atoms with Crippen LogP contribution in [0.15, 0.2) is 55.1 Å². The molecule has 206 valence electrons. The number of benzene rings is 3. The molecular formula is C34H41NO4. The number of nitrogens with one attached hydrogen (secondary N) is 1. The Bertz CT molecular complexity index is 1270. The van der Waals surface area contributed by atoms with E-state index < -0.39 is 0 Å². The maximum Gasteiger partial charge on any atom is 0.203 e. The van der Waals surface area contributed by atoms with Crippen LogP contribution in [0.5, 0.6) is 23.0 Å². The number of anilines is 1. The Morgan fingerprint density at radius 2 is 1.23 bits per heavy atom. The summed E-state index contributed by atoms with van der Waals surface area (Å²) in [5, 5.41) is 3.54. The topological polar surface area (TPSA) is 49.0 Å². The Balaban J connectivity index is 1.77. The highest BCUT2D eigenvalue weighted by atomic mass is 16.5. The van der Waals surface area contributed by atoms with Crippen LogP contribution in [0.2, 0.25) is 0 Å². The van der Waals surface area contributed by atoms with Crippen molar-refractivity contribution in [3.05, 3.63) is 82.9 Å². The first-order valence-corrected chi connectivity index (χ1v) is 13.4. The van der Waals surface area contributed by atoms with Crippen LogP contribution < -0.4 is 24.3 Å². The van der Waals surface area contributed by atoms with Gasteiger partial charge >= 0.3 is 0 Å². The summed E-state index contributed by atoms with van der Waals surface area (Å²) in [7, 11) is 4.98. The molecule has 0 heterocycles. The monoisotopic (exact) mass is 527 g/mol. The van der Waals surface area contributed by atoms with Gasteiger partial charge in [-0.3, -0.25) is 0 Å². The van der Waals surface area contributed by atoms with Gasteiger partial charge in [0.05, 0.1) is 33.6 Å². The first-order valence-electron chi connectivity index (χ1n) is 13.4. The van der Waals surface area contributed by atoms with Crippen molar-refractivity contribution in [1.29, 1.82) is 0 Å². The maximum atomic E-state index is 5.84. The molecule has 0 amide bonds. The van der Waals surface area contributed by atoms with Crippen LogP contribution in [0.3, 0.4) is 0 Å². The quantitative estimate of drug-likeness (QED) is 0.213. The summed E-state index contributed by atoms with van der Waals surface area (Å²) in [4.78, 5) is 0. The van der Waals surface area contributed by atoms with E-state index in [-0.39, 0.29) is 0 Å². The second kappa shape index (κ2) is 14.7. The second-order valence-electron chi connectivity index (χ2n) is 9.28. The Morgan fingerprint density at radius 1 is 0.744 bits per heavy atom. The van der Waals surface area contributed by atoms with Crippen molar-refractivity contribution < 1.29 is 18.9 Å². The van der Waals surface area contributed by atoms with Gasteiger partial charge in [-0.05, 0) is 66.3 Å². The predicted octanol–water partition coefficient (Wildman–Crippen LogP) is 8.70. The molecule has 5 nitrogen and oxygen atoms in total. The van der Waals surface area contributed by atoms with Gasteiger partial charge in [-0.2, -0.15) is 0 Å². The molecule has 0 saturated heterocycles. The smallest absolute Gasteiger partial charge is 0.203 e. The van der Waals surface area contributed by atoms with E-state index in [1.807, 2.05) is 30.4 Å². The van der Waals surface area contributed by atoms with E-state index in [9.17, 15) is 0 Å². The molecule has 0 bridgehead atoms. The van der Waals surface area contributed by atoms with E-state index in [2.05, 4.69) is 81.2 Å². The summed E-state index contributed by atoms with van der Waals surface area (Å²) >= 11 is 0. The third kappa shape index (κ3) is 7.93. The molecule has 0 saturated carbocycles. The van der Waals surface area contributed by atoms with Gasteiger partial charge in [0.1, 0.15) is 5.75 Å². The van der Waals surface area contributed by atoms with Crippen LogP contribution in [0.25, 0.3) is 30.4 Å². The maximum absolute atomic E-state index is 5.84. The van der Waals surface area contributed by atoms with Gasteiger partial charge in [-0.1, -0.05) is 75.1 Å². The molecule has 0 aliphatic rings. The SMILES string of the molecule is C=Cc1cc(/C=C/c2ccc(/C=C/c3cc(OC)c(OCCC)c(OC)c3)cc2)cc(OC)c1NC(C)CC. The first-order chi connectivity index (χ1) is 19.0. The van der Waals surface area contributed by atoms with E-state index in [4.69, 9.17) is 18.9 Å². The van der Waals surface area contributed by atoms with Crippen molar-refractivity contribution in [3.63, 3.8) is 0 Å². The molecule has 0 aliphatic heterocycles. The number of hydrogen-bond donors (Lipinski definition) is 1. The number of hydrogen-bond acceptors (Lipinski definition) is 5. The highest BCUT2D eigenvalue weighted by Crippen LogP contribution is 2.39. The summed E-state index contributed by atoms with van der Waals surface area (Å²) < 4.78 is 22.6. The summed E-state index contributed by atoms with van der Waals surface area (Å²) in [6.07, 6.45) is 12.1. The molecule has 1 unspecified atom stereocenters. The zero-order valence-electron chi connectivity index (χ0n) is 24.0. The summed E-state index contributed by atoms with van der Waals surface area (Å²) in [5.41, 5.74) is 6.22. The largest absolute Gasteiger partial charge is 0.495 e. The van der Waals surface area contributed by atoms with E-state index in [1.54, 1.807) is 21.3 Å². The Kier molecular flexibility index (Phi) is 11.1. The third-order valence-corrected chi connectivity index (χ3v) is 6.40. The van der Waals surface area contributed by atoms with Crippen molar-refractivity contribution in [2.45, 2.75) is 39.7 Å². The minimum Gasteiger partial charge on any atom is -0.495 e. The van der Waals surface area contributed by atoms with Gasteiger partial charge in [0, 0.05) is 11.6 Å². The van der Waals surface area contributed by atoms with E-state index in [1.165, 1.54) is 0 Å². The zero-order valence-corrected chi connectivity index (χ0v) is 24.0. The van der Waals surface area contributed by atoms with Crippen LogP contribution >= 0.6 is 0 Å². The molecule has 0 radical (unpaired) electrons. The molecule has 0 aromatic heterocycles. The molecule has 5 heteroatoms. The van der Waals surface area contributed by atoms with Crippen LogP contribution in [0.4, 0.5) is 5.69 Å². The van der Waals surface area contributed by atoms with E-state index >= 15 is 0 Å². The standard InChI is InChI=1S/C34H41NO4/c1-8-19-39-34-31(37-6)22-28(23-32(34)38-7)18-16-26-13-11-25(12-14-26)15-17-27-20-29(10-3)33(30(21-27)36-5)35-24(4)9-2/h10-18,20-24,35H,3,8-9,19H2,1-2,4-7H3/b17-15+,18-16+. The minimum absolute atomic E-state index is 0.342. The normalized spacial score (nSPS) is 11.9. The van der Waals surface area contributed by atoms with E-state index in [0.29, 0.717) is 29.9 Å². The summed E-state index contributed by atoms with van der Waals surface area (Å²) in [6.45, 7) is 11.0. The highest BCUT2D eigenvalue weighted by Gasteiger charge is 2.13. The molecule has 3 aromatic rings. The lowest BCUT2D eigenvalue weighted by Crippen LogP contribution is -2.15. The highest BCUT2D eigenvalue weighted by molar-refractivity contribution is 5.79. The van der Waals surface area contributed by atoms with Crippen LogP contribution in [-0.2, 0) is 0 Å². The molecule has 39 heavy (non-hydrogen) atoms. The van der Waals surface area contributed by atoms with Crippen LogP contribution in [0.1, 0.15) is 61.4 Å². The fourth-order valence-electron chi connectivity index (χ4n) is 4.03. The Hall–Kier alpha value is -4.12. The molecule has 3 aromatic carbocycles. The minimum atomic E-state index is 0.342. The zero-order chi connectivity index (χ0) is 28.2. The third-order valence-electron chi connectivity index (χ3n) is 6.40. The molecule has 0 spiro atoms. The van der Waals surface area contributed by atoms with Crippen molar-refractivity contribution in [3.8, 4) is 23.0 Å². The van der Waals surface area contributed by atoms with Gasteiger partial charge in [0.25, 0.3) is 0 Å². The van der Waals surface area contributed by atoms with Crippen molar-refractivity contribution in [2.75, 3.05) is 33.3 Å². The number of ether oxygens (including phenoxy) is 4. The average molecular weight is 528 g/mol. The second-order valence-corrected chi connectivity index (χ2v) is 9.28. The fraction of sp³-hybridized carbons (Fsp3) is 0.294. The van der Waals surface area contributed by atoms with Gasteiger partial charge in [0.15, 0.2) is 11.5 Å². The molecule has 1 atom stereocenters. The van der Waals surface area contributed by atoms with Crippen molar-refractivity contribution in [2.24, 2.45) is 0 Å². The number of methoxy groups -OCH3 is 3.